The molecule has 336 valence electrons. The standard InChI is InChI=1S/C44H69N5O11/c1-12-34-44(8,54)39-27(4)35-25(2)22-43(7,38(28(5)36(50)29(6)41(53)58-34)59-42-37(51)32(48(9)10)21-26(3)57-42)56-24-31(23-55-39)47-60-33(40(52)46-35)17-20-49(11)19-16-30-15-13-14-18-45-30/h13-15,18,25-29,32-34,37-39,42,51,54H,12,16-17,19-24H2,1-11H3/b46-35?,47-31+/t25-,26-,27-,28+,29-,32+,33?,34-,37-,38-,39+,42+,43-,44-/m1/s1. The van der Waals surface area contributed by atoms with Crippen molar-refractivity contribution in [2.75, 3.05) is 47.4 Å². The van der Waals surface area contributed by atoms with Crippen LogP contribution in [0.2, 0.25) is 0 Å². The average molecular weight is 844 g/mol. The second kappa shape index (κ2) is 20.3. The second-order valence-electron chi connectivity index (χ2n) is 18.1. The molecule has 4 aliphatic heterocycles. The highest BCUT2D eigenvalue weighted by atomic mass is 16.7. The molecule has 5 rings (SSSR count). The number of aliphatic hydroxyl groups excluding tert-OH is 1. The third-order valence-electron chi connectivity index (χ3n) is 12.9. The third kappa shape index (κ3) is 11.0. The molecule has 4 bridgehead atoms. The first-order chi connectivity index (χ1) is 28.3. The van der Waals surface area contributed by atoms with Crippen LogP contribution in [0.4, 0.5) is 0 Å². The molecule has 1 aromatic rings. The van der Waals surface area contributed by atoms with Gasteiger partial charge in [-0.25, -0.2) is 4.99 Å². The minimum absolute atomic E-state index is 0.168. The van der Waals surface area contributed by atoms with E-state index >= 15 is 0 Å². The number of esters is 1. The number of amides is 1. The van der Waals surface area contributed by atoms with Gasteiger partial charge in [-0.2, -0.15) is 0 Å². The van der Waals surface area contributed by atoms with Crippen molar-refractivity contribution in [3.63, 3.8) is 0 Å². The normalized spacial score (nSPS) is 39.5. The van der Waals surface area contributed by atoms with Gasteiger partial charge in [0.05, 0.1) is 37.1 Å². The lowest BCUT2D eigenvalue weighted by molar-refractivity contribution is -0.296. The van der Waals surface area contributed by atoms with E-state index < -0.39 is 89.3 Å². The number of pyridine rings is 1. The molecule has 1 aromatic heterocycles. The summed E-state index contributed by atoms with van der Waals surface area (Å²) < 4.78 is 32.5. The molecule has 0 aliphatic carbocycles. The van der Waals surface area contributed by atoms with Gasteiger partial charge in [0.1, 0.15) is 29.4 Å². The molecule has 2 N–H and O–H groups in total. The monoisotopic (exact) mass is 843 g/mol. The molecule has 3 fully saturated rings. The quantitative estimate of drug-likeness (QED) is 0.258. The Labute approximate surface area is 355 Å². The van der Waals surface area contributed by atoms with E-state index in [2.05, 4.69) is 15.0 Å². The van der Waals surface area contributed by atoms with Crippen molar-refractivity contribution in [1.82, 2.24) is 14.8 Å². The van der Waals surface area contributed by atoms with Gasteiger partial charge >= 0.3 is 5.97 Å². The highest BCUT2D eigenvalue weighted by Crippen LogP contribution is 2.40. The Kier molecular flexibility index (Phi) is 16.2. The minimum atomic E-state index is -1.82. The molecule has 3 saturated heterocycles. The Morgan fingerprint density at radius 1 is 1.00 bits per heavy atom. The first kappa shape index (κ1) is 47.8. The fraction of sp³-hybridized carbons (Fsp3) is 0.773. The maximum absolute atomic E-state index is 14.5. The van der Waals surface area contributed by atoms with Gasteiger partial charge in [0.25, 0.3) is 5.91 Å². The maximum Gasteiger partial charge on any atom is 0.316 e. The Hall–Kier alpha value is -3.22. The van der Waals surface area contributed by atoms with Crippen molar-refractivity contribution < 1.29 is 53.1 Å². The number of nitrogens with zero attached hydrogens (tertiary/aromatic N) is 5. The Balaban J connectivity index is 1.60. The molecule has 0 spiro atoms. The Bertz CT molecular complexity index is 1690. The molecular weight excluding hydrogens is 775 g/mol. The Morgan fingerprint density at radius 2 is 1.73 bits per heavy atom. The van der Waals surface area contributed by atoms with Crippen LogP contribution in [0.3, 0.4) is 0 Å². The van der Waals surface area contributed by atoms with E-state index in [-0.39, 0.29) is 50.3 Å². The van der Waals surface area contributed by atoms with Crippen molar-refractivity contribution in [1.29, 1.82) is 0 Å². The van der Waals surface area contributed by atoms with E-state index in [0.717, 1.165) is 12.1 Å². The lowest BCUT2D eigenvalue weighted by Crippen LogP contribution is -2.60. The fourth-order valence-electron chi connectivity index (χ4n) is 9.28. The van der Waals surface area contributed by atoms with E-state index in [0.29, 0.717) is 25.2 Å². The molecular formula is C44H69N5O11. The summed E-state index contributed by atoms with van der Waals surface area (Å²) in [5.41, 5.74) is -1.53. The zero-order valence-electron chi connectivity index (χ0n) is 37.4. The number of oxime groups is 1. The number of aliphatic hydroxyl groups is 2. The van der Waals surface area contributed by atoms with Crippen LogP contribution in [0.25, 0.3) is 0 Å². The van der Waals surface area contributed by atoms with Crippen LogP contribution >= 0.6 is 0 Å². The largest absolute Gasteiger partial charge is 0.459 e. The Morgan fingerprint density at radius 3 is 2.40 bits per heavy atom. The third-order valence-corrected chi connectivity index (χ3v) is 12.9. The summed E-state index contributed by atoms with van der Waals surface area (Å²) in [6, 6.07) is 5.50. The first-order valence-electron chi connectivity index (χ1n) is 21.6. The number of ether oxygens (including phenoxy) is 5. The van der Waals surface area contributed by atoms with Crippen LogP contribution in [0.1, 0.15) is 86.8 Å². The molecule has 0 radical (unpaired) electrons. The van der Waals surface area contributed by atoms with Gasteiger partial charge in [-0.1, -0.05) is 38.9 Å². The van der Waals surface area contributed by atoms with Gasteiger partial charge in [0.2, 0.25) is 6.10 Å². The topological polar surface area (TPSA) is 191 Å². The van der Waals surface area contributed by atoms with Crippen LogP contribution in [0, 0.1) is 23.7 Å². The number of Topliss-reactive ketones (excluding diaryl/α,β-unsaturated/α-hetero) is 1. The summed E-state index contributed by atoms with van der Waals surface area (Å²) in [5, 5.41) is 28.5. The maximum atomic E-state index is 14.5. The summed E-state index contributed by atoms with van der Waals surface area (Å²) in [5.74, 6) is -5.32. The molecule has 5 heterocycles. The van der Waals surface area contributed by atoms with Gasteiger partial charge < -0.3 is 48.5 Å². The van der Waals surface area contributed by atoms with E-state index in [1.165, 1.54) is 6.92 Å². The molecule has 14 atom stereocenters. The number of cyclic esters (lactones) is 1. The van der Waals surface area contributed by atoms with Crippen LogP contribution in [-0.4, -0.2) is 162 Å². The molecule has 16 heteroatoms. The number of hydrogen-bond acceptors (Lipinski definition) is 15. The fourth-order valence-corrected chi connectivity index (χ4v) is 9.28. The molecule has 1 amide bonds. The van der Waals surface area contributed by atoms with E-state index in [9.17, 15) is 24.6 Å². The zero-order valence-corrected chi connectivity index (χ0v) is 37.4. The summed E-state index contributed by atoms with van der Waals surface area (Å²) in [4.78, 5) is 62.0. The lowest BCUT2D eigenvalue weighted by Gasteiger charge is -2.47. The van der Waals surface area contributed by atoms with E-state index in [1.54, 1.807) is 27.0 Å². The van der Waals surface area contributed by atoms with Gasteiger partial charge in [0, 0.05) is 61.4 Å². The zero-order chi connectivity index (χ0) is 44.1. The molecule has 16 nitrogen and oxygen atoms in total. The number of hydrogen-bond donors (Lipinski definition) is 2. The van der Waals surface area contributed by atoms with Crippen molar-refractivity contribution in [2.24, 2.45) is 33.8 Å². The number of ketones is 1. The number of aliphatic imine (C=N–C) groups is 1. The van der Waals surface area contributed by atoms with Gasteiger partial charge in [-0.15, -0.1) is 0 Å². The van der Waals surface area contributed by atoms with Crippen LogP contribution in [-0.2, 0) is 49.3 Å². The lowest BCUT2D eigenvalue weighted by atomic mass is 9.73. The van der Waals surface area contributed by atoms with Crippen LogP contribution in [0.15, 0.2) is 34.5 Å². The molecule has 4 aliphatic rings. The van der Waals surface area contributed by atoms with Gasteiger partial charge in [-0.05, 0) is 86.2 Å². The van der Waals surface area contributed by atoms with Crippen LogP contribution < -0.4 is 0 Å². The number of carbonyl (C=O) groups excluding carboxylic acids is 3. The number of aromatic nitrogens is 1. The minimum Gasteiger partial charge on any atom is -0.459 e. The van der Waals surface area contributed by atoms with Crippen molar-refractivity contribution >= 4 is 29.1 Å². The predicted octanol–water partition coefficient (Wildman–Crippen LogP) is 3.24. The summed E-state index contributed by atoms with van der Waals surface area (Å²) in [7, 11) is 5.72. The molecule has 0 aromatic carbocycles. The number of likely N-dealkylation sites (N-methyl/N-ethyl adjacent to an activating group) is 2. The van der Waals surface area contributed by atoms with E-state index in [1.807, 2.05) is 71.9 Å². The van der Waals surface area contributed by atoms with Crippen LogP contribution in [0.5, 0.6) is 0 Å². The summed E-state index contributed by atoms with van der Waals surface area (Å²) in [6.07, 6.45) is -3.16. The first-order valence-corrected chi connectivity index (χ1v) is 21.6. The predicted molar refractivity (Wildman–Crippen MR) is 223 cm³/mol. The number of carbonyl (C=O) groups is 3. The molecule has 60 heavy (non-hydrogen) atoms. The van der Waals surface area contributed by atoms with Gasteiger partial charge in [0.15, 0.2) is 12.1 Å². The van der Waals surface area contributed by atoms with Gasteiger partial charge in [-0.3, -0.25) is 19.4 Å². The molecule has 1 unspecified atom stereocenters. The highest BCUT2D eigenvalue weighted by Gasteiger charge is 2.53. The molecule has 0 saturated carbocycles. The summed E-state index contributed by atoms with van der Waals surface area (Å²) in [6.45, 7) is 14.8. The number of rotatable bonds is 10. The second-order valence-corrected chi connectivity index (χ2v) is 18.1. The number of fused-ring (bicyclic) bond motifs is 4. The SMILES string of the molecule is CC[C@H]1OC(=O)[C@H](C)C(=O)[C@H](C)[C@@H](O[C@@H]2O[C@H](C)C[C@H](N(C)C)[C@H]2O)[C@@]2(C)C[C@@H](C)C3=NC(=O)C(CCN(C)CCc4ccccn4)O/N=C(\CO[C@@H]([C@@H]3C)[C@]1(C)O)CO2. The van der Waals surface area contributed by atoms with E-state index in [4.69, 9.17) is 33.5 Å². The average Bonchev–Trinajstić information content (AvgIpc) is 3.24. The van der Waals surface area contributed by atoms with Crippen molar-refractivity contribution in [3.8, 4) is 0 Å². The summed E-state index contributed by atoms with van der Waals surface area (Å²) >= 11 is 0. The smallest absolute Gasteiger partial charge is 0.316 e. The highest BCUT2D eigenvalue weighted by molar-refractivity contribution is 6.01. The van der Waals surface area contributed by atoms with Crippen molar-refractivity contribution in [3.05, 3.63) is 30.1 Å². The van der Waals surface area contributed by atoms with Crippen molar-refractivity contribution in [2.45, 2.75) is 148 Å².